The van der Waals surface area contributed by atoms with Gasteiger partial charge in [-0.3, -0.25) is 0 Å². The molecule has 1 aromatic carbocycles. The van der Waals surface area contributed by atoms with Crippen molar-refractivity contribution in [3.8, 4) is 0 Å². The number of hydrogen-bond acceptors (Lipinski definition) is 2. The van der Waals surface area contributed by atoms with Crippen molar-refractivity contribution in [2.24, 2.45) is 0 Å². The summed E-state index contributed by atoms with van der Waals surface area (Å²) >= 11 is 3.56. The van der Waals surface area contributed by atoms with Gasteiger partial charge in [0.25, 0.3) is 0 Å². The molecular weight excluding hydrogens is 254 g/mol. The summed E-state index contributed by atoms with van der Waals surface area (Å²) in [6, 6.07) is 6.41. The van der Waals surface area contributed by atoms with Crippen LogP contribution in [-0.2, 0) is 17.9 Å². The molecule has 0 bridgehead atoms. The Morgan fingerprint density at radius 1 is 1.33 bits per heavy atom. The van der Waals surface area contributed by atoms with Gasteiger partial charge in [0.1, 0.15) is 0 Å². The molecule has 0 aliphatic rings. The smallest absolute Gasteiger partial charge is 0.0727 e. The molecule has 1 rings (SSSR count). The Bertz CT molecular complexity index is 302. The second kappa shape index (κ2) is 6.99. The number of ether oxygens (including phenoxy) is 1. The molecule has 15 heavy (non-hydrogen) atoms. The molecule has 0 amide bonds. The van der Waals surface area contributed by atoms with E-state index in [0.29, 0.717) is 6.61 Å². The monoisotopic (exact) mass is 271 g/mol. The first-order valence-corrected chi connectivity index (χ1v) is 6.13. The molecule has 0 unspecified atom stereocenters. The Kier molecular flexibility index (Phi) is 5.91. The van der Waals surface area contributed by atoms with E-state index in [4.69, 9.17) is 4.74 Å². The first-order chi connectivity index (χ1) is 7.27. The SMILES string of the molecule is CCNCc1ccc(COCC)c(Br)c1. The Hall–Kier alpha value is -0.380. The van der Waals surface area contributed by atoms with Crippen molar-refractivity contribution in [2.45, 2.75) is 27.0 Å². The average molecular weight is 272 g/mol. The van der Waals surface area contributed by atoms with Crippen molar-refractivity contribution < 1.29 is 4.74 Å². The van der Waals surface area contributed by atoms with Crippen molar-refractivity contribution in [1.82, 2.24) is 5.32 Å². The van der Waals surface area contributed by atoms with Crippen LogP contribution in [0.15, 0.2) is 22.7 Å². The molecule has 0 heterocycles. The zero-order chi connectivity index (χ0) is 11.1. The van der Waals surface area contributed by atoms with Crippen molar-refractivity contribution in [3.63, 3.8) is 0 Å². The van der Waals surface area contributed by atoms with Gasteiger partial charge in [-0.15, -0.1) is 0 Å². The predicted octanol–water partition coefficient (Wildman–Crippen LogP) is 3.10. The van der Waals surface area contributed by atoms with Crippen molar-refractivity contribution >= 4 is 15.9 Å². The van der Waals surface area contributed by atoms with E-state index >= 15 is 0 Å². The minimum atomic E-state index is 0.679. The van der Waals surface area contributed by atoms with E-state index in [2.05, 4.69) is 46.4 Å². The third-order valence-corrected chi connectivity index (χ3v) is 2.90. The molecule has 0 spiro atoms. The standard InChI is InChI=1S/C12H18BrNO/c1-3-14-8-10-5-6-11(9-15-4-2)12(13)7-10/h5-7,14H,3-4,8-9H2,1-2H3. The molecule has 0 aromatic heterocycles. The highest BCUT2D eigenvalue weighted by Crippen LogP contribution is 2.19. The highest BCUT2D eigenvalue weighted by molar-refractivity contribution is 9.10. The minimum absolute atomic E-state index is 0.679. The van der Waals surface area contributed by atoms with E-state index in [1.807, 2.05) is 6.92 Å². The number of rotatable bonds is 6. The van der Waals surface area contributed by atoms with E-state index < -0.39 is 0 Å². The van der Waals surface area contributed by atoms with Gasteiger partial charge in [0.05, 0.1) is 6.61 Å². The first-order valence-electron chi connectivity index (χ1n) is 5.33. The van der Waals surface area contributed by atoms with Crippen LogP contribution in [0.2, 0.25) is 0 Å². The summed E-state index contributed by atoms with van der Waals surface area (Å²) in [6.07, 6.45) is 0. The van der Waals surface area contributed by atoms with Gasteiger partial charge in [0.2, 0.25) is 0 Å². The topological polar surface area (TPSA) is 21.3 Å². The molecule has 3 heteroatoms. The lowest BCUT2D eigenvalue weighted by molar-refractivity contribution is 0.133. The van der Waals surface area contributed by atoms with E-state index in [9.17, 15) is 0 Å². The van der Waals surface area contributed by atoms with Gasteiger partial charge in [0, 0.05) is 17.6 Å². The number of hydrogen-bond donors (Lipinski definition) is 1. The maximum Gasteiger partial charge on any atom is 0.0727 e. The van der Waals surface area contributed by atoms with E-state index in [-0.39, 0.29) is 0 Å². The highest BCUT2D eigenvalue weighted by Gasteiger charge is 2.01. The van der Waals surface area contributed by atoms with Gasteiger partial charge in [-0.05, 0) is 30.7 Å². The van der Waals surface area contributed by atoms with Gasteiger partial charge < -0.3 is 10.1 Å². The molecule has 0 aliphatic heterocycles. The summed E-state index contributed by atoms with van der Waals surface area (Å²) in [5.74, 6) is 0. The molecular formula is C12H18BrNO. The molecule has 84 valence electrons. The van der Waals surface area contributed by atoms with E-state index in [1.54, 1.807) is 0 Å². The van der Waals surface area contributed by atoms with Crippen LogP contribution >= 0.6 is 15.9 Å². The van der Waals surface area contributed by atoms with Gasteiger partial charge in [-0.2, -0.15) is 0 Å². The average Bonchev–Trinajstić information content (AvgIpc) is 2.25. The van der Waals surface area contributed by atoms with E-state index in [0.717, 1.165) is 24.2 Å². The van der Waals surface area contributed by atoms with Crippen LogP contribution in [-0.4, -0.2) is 13.2 Å². The first kappa shape index (κ1) is 12.7. The lowest BCUT2D eigenvalue weighted by atomic mass is 10.1. The normalized spacial score (nSPS) is 10.6. The van der Waals surface area contributed by atoms with Crippen LogP contribution in [0, 0.1) is 0 Å². The molecule has 2 nitrogen and oxygen atoms in total. The van der Waals surface area contributed by atoms with Gasteiger partial charge in [-0.25, -0.2) is 0 Å². The zero-order valence-corrected chi connectivity index (χ0v) is 10.9. The molecule has 1 aromatic rings. The maximum atomic E-state index is 5.38. The molecule has 0 fully saturated rings. The van der Waals surface area contributed by atoms with Crippen LogP contribution in [0.4, 0.5) is 0 Å². The lowest BCUT2D eigenvalue weighted by Gasteiger charge is -2.07. The van der Waals surface area contributed by atoms with Crippen LogP contribution in [0.3, 0.4) is 0 Å². The predicted molar refractivity (Wildman–Crippen MR) is 66.9 cm³/mol. The summed E-state index contributed by atoms with van der Waals surface area (Å²) in [4.78, 5) is 0. The Labute approximate surface area is 100 Å². The van der Waals surface area contributed by atoms with Crippen LogP contribution in [0.5, 0.6) is 0 Å². The van der Waals surface area contributed by atoms with Gasteiger partial charge in [-0.1, -0.05) is 35.0 Å². The van der Waals surface area contributed by atoms with Crippen molar-refractivity contribution in [3.05, 3.63) is 33.8 Å². The second-order valence-corrected chi connectivity index (χ2v) is 4.20. The number of nitrogens with one attached hydrogen (secondary N) is 1. The fourth-order valence-electron chi connectivity index (χ4n) is 1.30. The third-order valence-electron chi connectivity index (χ3n) is 2.16. The second-order valence-electron chi connectivity index (χ2n) is 3.34. The number of benzene rings is 1. The summed E-state index contributed by atoms with van der Waals surface area (Å²) in [6.45, 7) is 7.47. The Morgan fingerprint density at radius 3 is 2.73 bits per heavy atom. The summed E-state index contributed by atoms with van der Waals surface area (Å²) in [7, 11) is 0. The molecule has 0 saturated carbocycles. The quantitative estimate of drug-likeness (QED) is 0.859. The van der Waals surface area contributed by atoms with Gasteiger partial charge >= 0.3 is 0 Å². The van der Waals surface area contributed by atoms with Gasteiger partial charge in [0.15, 0.2) is 0 Å². The molecule has 0 atom stereocenters. The summed E-state index contributed by atoms with van der Waals surface area (Å²) in [5, 5.41) is 3.30. The Balaban J connectivity index is 2.61. The Morgan fingerprint density at radius 2 is 2.13 bits per heavy atom. The largest absolute Gasteiger partial charge is 0.377 e. The lowest BCUT2D eigenvalue weighted by Crippen LogP contribution is -2.11. The van der Waals surface area contributed by atoms with Crippen LogP contribution in [0.25, 0.3) is 0 Å². The maximum absolute atomic E-state index is 5.38. The van der Waals surface area contributed by atoms with Crippen molar-refractivity contribution in [1.29, 1.82) is 0 Å². The van der Waals surface area contributed by atoms with Crippen LogP contribution in [0.1, 0.15) is 25.0 Å². The van der Waals surface area contributed by atoms with Crippen molar-refractivity contribution in [2.75, 3.05) is 13.2 Å². The van der Waals surface area contributed by atoms with E-state index in [1.165, 1.54) is 11.1 Å². The fraction of sp³-hybridized carbons (Fsp3) is 0.500. The summed E-state index contributed by atoms with van der Waals surface area (Å²) < 4.78 is 6.51. The molecule has 0 saturated heterocycles. The number of halogens is 1. The van der Waals surface area contributed by atoms with Crippen LogP contribution < -0.4 is 5.32 Å². The molecule has 0 radical (unpaired) electrons. The molecule has 1 N–H and O–H groups in total. The third kappa shape index (κ3) is 4.33. The highest BCUT2D eigenvalue weighted by atomic mass is 79.9. The zero-order valence-electron chi connectivity index (χ0n) is 9.35. The molecule has 0 aliphatic carbocycles. The minimum Gasteiger partial charge on any atom is -0.377 e. The summed E-state index contributed by atoms with van der Waals surface area (Å²) in [5.41, 5.74) is 2.50. The fourth-order valence-corrected chi connectivity index (χ4v) is 1.84.